The molecule has 3 nitrogen and oxygen atoms in total. The van der Waals surface area contributed by atoms with Crippen molar-refractivity contribution < 1.29 is 9.53 Å². The number of nitrogens with one attached hydrogen (secondary N) is 1. The second kappa shape index (κ2) is 4.57. The van der Waals surface area contributed by atoms with E-state index in [1.54, 1.807) is 0 Å². The number of hydrogen-bond acceptors (Lipinski definition) is 2. The van der Waals surface area contributed by atoms with E-state index in [-0.39, 0.29) is 17.8 Å². The molecule has 1 unspecified atom stereocenters. The zero-order valence-electron chi connectivity index (χ0n) is 6.31. The van der Waals surface area contributed by atoms with Crippen LogP contribution in [0.4, 0.5) is 0 Å². The van der Waals surface area contributed by atoms with Crippen molar-refractivity contribution in [3.63, 3.8) is 0 Å². The first-order valence-corrected chi connectivity index (χ1v) is 4.29. The molecule has 0 aromatic rings. The smallest absolute Gasteiger partial charge is 0.235 e. The fourth-order valence-electron chi connectivity index (χ4n) is 1.12. The molecule has 1 aliphatic heterocycles. The SMILES string of the molecule is O=C(CCl)NC1CCCOC1. The molecule has 1 fully saturated rings. The van der Waals surface area contributed by atoms with Gasteiger partial charge in [-0.25, -0.2) is 0 Å². The Morgan fingerprint density at radius 3 is 3.09 bits per heavy atom. The normalized spacial score (nSPS) is 24.6. The minimum Gasteiger partial charge on any atom is -0.379 e. The maximum atomic E-state index is 10.8. The Labute approximate surface area is 71.1 Å². The molecular formula is C7H12ClNO2. The standard InChI is InChI=1S/C7H12ClNO2/c8-4-7(10)9-6-2-1-3-11-5-6/h6H,1-5H2,(H,9,10). The number of carbonyl (C=O) groups is 1. The third kappa shape index (κ3) is 3.08. The molecule has 0 aromatic carbocycles. The van der Waals surface area contributed by atoms with Crippen LogP contribution >= 0.6 is 11.6 Å². The average molecular weight is 178 g/mol. The molecule has 1 saturated heterocycles. The maximum Gasteiger partial charge on any atom is 0.235 e. The number of rotatable bonds is 2. The Kier molecular flexibility index (Phi) is 3.66. The number of carbonyl (C=O) groups excluding carboxylic acids is 1. The zero-order valence-corrected chi connectivity index (χ0v) is 7.06. The van der Waals surface area contributed by atoms with Gasteiger partial charge >= 0.3 is 0 Å². The maximum absolute atomic E-state index is 10.8. The van der Waals surface area contributed by atoms with E-state index in [0.717, 1.165) is 19.4 Å². The van der Waals surface area contributed by atoms with E-state index in [1.807, 2.05) is 0 Å². The van der Waals surface area contributed by atoms with Crippen molar-refractivity contribution in [3.05, 3.63) is 0 Å². The summed E-state index contributed by atoms with van der Waals surface area (Å²) in [6.45, 7) is 1.44. The van der Waals surface area contributed by atoms with Gasteiger partial charge in [-0.2, -0.15) is 0 Å². The molecule has 1 atom stereocenters. The van der Waals surface area contributed by atoms with E-state index >= 15 is 0 Å². The van der Waals surface area contributed by atoms with Crippen LogP contribution in [0.15, 0.2) is 0 Å². The van der Waals surface area contributed by atoms with Crippen LogP contribution in [0.2, 0.25) is 0 Å². The first kappa shape index (κ1) is 8.81. The molecule has 0 bridgehead atoms. The second-order valence-corrected chi connectivity index (χ2v) is 2.88. The highest BCUT2D eigenvalue weighted by Crippen LogP contribution is 2.05. The van der Waals surface area contributed by atoms with Crippen molar-refractivity contribution in [2.75, 3.05) is 19.1 Å². The lowest BCUT2D eigenvalue weighted by Crippen LogP contribution is -2.41. The third-order valence-electron chi connectivity index (χ3n) is 1.65. The Hall–Kier alpha value is -0.280. The molecule has 1 amide bonds. The van der Waals surface area contributed by atoms with Gasteiger partial charge in [0.15, 0.2) is 0 Å². The predicted octanol–water partition coefficient (Wildman–Crippen LogP) is 0.520. The molecule has 0 radical (unpaired) electrons. The lowest BCUT2D eigenvalue weighted by molar-refractivity contribution is -0.120. The average Bonchev–Trinajstić information content (AvgIpc) is 2.06. The first-order chi connectivity index (χ1) is 5.33. The van der Waals surface area contributed by atoms with Crippen molar-refractivity contribution in [3.8, 4) is 0 Å². The third-order valence-corrected chi connectivity index (χ3v) is 1.89. The minimum atomic E-state index is -0.109. The summed E-state index contributed by atoms with van der Waals surface area (Å²) in [5, 5.41) is 2.77. The van der Waals surface area contributed by atoms with E-state index < -0.39 is 0 Å². The van der Waals surface area contributed by atoms with Crippen LogP contribution in [0.1, 0.15) is 12.8 Å². The fourth-order valence-corrected chi connectivity index (χ4v) is 1.20. The van der Waals surface area contributed by atoms with Gasteiger partial charge in [0.25, 0.3) is 0 Å². The molecule has 1 N–H and O–H groups in total. The van der Waals surface area contributed by atoms with Crippen LogP contribution in [0.25, 0.3) is 0 Å². The van der Waals surface area contributed by atoms with E-state index in [2.05, 4.69) is 5.32 Å². The van der Waals surface area contributed by atoms with Crippen LogP contribution in [0, 0.1) is 0 Å². The summed E-state index contributed by atoms with van der Waals surface area (Å²) in [4.78, 5) is 10.8. The molecule has 1 heterocycles. The van der Waals surface area contributed by atoms with Gasteiger partial charge in [-0.05, 0) is 12.8 Å². The van der Waals surface area contributed by atoms with Gasteiger partial charge in [0, 0.05) is 6.61 Å². The number of ether oxygens (including phenoxy) is 1. The van der Waals surface area contributed by atoms with Gasteiger partial charge in [-0.1, -0.05) is 0 Å². The Balaban J connectivity index is 2.19. The lowest BCUT2D eigenvalue weighted by atomic mass is 10.1. The minimum absolute atomic E-state index is 0.0382. The highest BCUT2D eigenvalue weighted by atomic mass is 35.5. The summed E-state index contributed by atoms with van der Waals surface area (Å²) >= 11 is 5.32. The van der Waals surface area contributed by atoms with E-state index in [0.29, 0.717) is 6.61 Å². The predicted molar refractivity (Wildman–Crippen MR) is 42.7 cm³/mol. The van der Waals surface area contributed by atoms with Crippen molar-refractivity contribution in [2.24, 2.45) is 0 Å². The summed E-state index contributed by atoms with van der Waals surface area (Å²) in [7, 11) is 0. The van der Waals surface area contributed by atoms with Gasteiger partial charge in [-0.3, -0.25) is 4.79 Å². The van der Waals surface area contributed by atoms with Crippen molar-refractivity contribution in [1.82, 2.24) is 5.32 Å². The van der Waals surface area contributed by atoms with Gasteiger partial charge in [0.1, 0.15) is 5.88 Å². The Bertz CT molecular complexity index is 134. The molecule has 0 spiro atoms. The van der Waals surface area contributed by atoms with Crippen LogP contribution in [0.5, 0.6) is 0 Å². The summed E-state index contributed by atoms with van der Waals surface area (Å²) < 4.78 is 5.17. The Morgan fingerprint density at radius 1 is 1.73 bits per heavy atom. The summed E-state index contributed by atoms with van der Waals surface area (Å²) in [6, 6.07) is 0.176. The number of alkyl halides is 1. The van der Waals surface area contributed by atoms with Crippen LogP contribution in [-0.4, -0.2) is 31.0 Å². The van der Waals surface area contributed by atoms with Gasteiger partial charge in [0.2, 0.25) is 5.91 Å². The quantitative estimate of drug-likeness (QED) is 0.625. The largest absolute Gasteiger partial charge is 0.379 e. The number of halogens is 1. The van der Waals surface area contributed by atoms with Crippen LogP contribution in [-0.2, 0) is 9.53 Å². The summed E-state index contributed by atoms with van der Waals surface area (Å²) in [5.41, 5.74) is 0. The second-order valence-electron chi connectivity index (χ2n) is 2.62. The molecule has 0 aromatic heterocycles. The lowest BCUT2D eigenvalue weighted by Gasteiger charge is -2.22. The van der Waals surface area contributed by atoms with Gasteiger partial charge < -0.3 is 10.1 Å². The topological polar surface area (TPSA) is 38.3 Å². The molecule has 1 rings (SSSR count). The van der Waals surface area contributed by atoms with Crippen LogP contribution < -0.4 is 5.32 Å². The monoisotopic (exact) mass is 177 g/mol. The molecule has 1 aliphatic rings. The van der Waals surface area contributed by atoms with E-state index in [4.69, 9.17) is 16.3 Å². The molecule has 4 heteroatoms. The highest BCUT2D eigenvalue weighted by molar-refractivity contribution is 6.27. The van der Waals surface area contributed by atoms with Crippen molar-refractivity contribution in [2.45, 2.75) is 18.9 Å². The number of hydrogen-bond donors (Lipinski definition) is 1. The van der Waals surface area contributed by atoms with Gasteiger partial charge in [0.05, 0.1) is 12.6 Å². The summed E-state index contributed by atoms with van der Waals surface area (Å²) in [6.07, 6.45) is 2.02. The van der Waals surface area contributed by atoms with Crippen molar-refractivity contribution in [1.29, 1.82) is 0 Å². The Morgan fingerprint density at radius 2 is 2.55 bits per heavy atom. The summed E-state index contributed by atoms with van der Waals surface area (Å²) in [5.74, 6) is -0.0709. The molecule has 11 heavy (non-hydrogen) atoms. The zero-order chi connectivity index (χ0) is 8.10. The molecule has 0 saturated carbocycles. The van der Waals surface area contributed by atoms with Crippen molar-refractivity contribution >= 4 is 17.5 Å². The fraction of sp³-hybridized carbons (Fsp3) is 0.857. The highest BCUT2D eigenvalue weighted by Gasteiger charge is 2.14. The number of amides is 1. The van der Waals surface area contributed by atoms with Crippen LogP contribution in [0.3, 0.4) is 0 Å². The van der Waals surface area contributed by atoms with E-state index in [9.17, 15) is 4.79 Å². The molecular weight excluding hydrogens is 166 g/mol. The molecule has 0 aliphatic carbocycles. The first-order valence-electron chi connectivity index (χ1n) is 3.76. The molecule has 64 valence electrons. The van der Waals surface area contributed by atoms with E-state index in [1.165, 1.54) is 0 Å². The van der Waals surface area contributed by atoms with Gasteiger partial charge in [-0.15, -0.1) is 11.6 Å².